The molecule has 0 spiro atoms. The maximum Gasteiger partial charge on any atom is 0.199 e. The van der Waals surface area contributed by atoms with E-state index in [1.54, 1.807) is 13.0 Å². The number of alkyl halides is 1. The number of rotatable bonds is 5. The van der Waals surface area contributed by atoms with Gasteiger partial charge in [0.05, 0.1) is 17.3 Å². The Hall–Kier alpha value is -2.15. The molecule has 1 aromatic heterocycles. The highest BCUT2D eigenvalue weighted by atomic mass is 127. The fourth-order valence-electron chi connectivity index (χ4n) is 4.13. The molecule has 150 valence electrons. The number of aromatic nitrogens is 1. The molecule has 0 atom stereocenters. The van der Waals surface area contributed by atoms with Crippen LogP contribution in [0.15, 0.2) is 53.5 Å². The van der Waals surface area contributed by atoms with Crippen LogP contribution >= 0.6 is 22.6 Å². The van der Waals surface area contributed by atoms with Gasteiger partial charge in [0.15, 0.2) is 11.7 Å². The van der Waals surface area contributed by atoms with Crippen molar-refractivity contribution in [3.05, 3.63) is 65.2 Å². The highest BCUT2D eigenvalue weighted by Gasteiger charge is 2.24. The summed E-state index contributed by atoms with van der Waals surface area (Å²) in [4.78, 5) is 20.1. The maximum atomic E-state index is 11.9. The number of hydrogen-bond donors (Lipinski definition) is 2. The summed E-state index contributed by atoms with van der Waals surface area (Å²) in [6.07, 6.45) is 4.55. The molecule has 0 bridgehead atoms. The number of hydrogen-bond acceptors (Lipinski definition) is 3. The number of nitrogens with one attached hydrogen (secondary N) is 1. The molecule has 1 heterocycles. The summed E-state index contributed by atoms with van der Waals surface area (Å²) in [7, 11) is 0. The zero-order valence-electron chi connectivity index (χ0n) is 16.5. The van der Waals surface area contributed by atoms with Gasteiger partial charge in [-0.25, -0.2) is 0 Å². The first-order valence-corrected chi connectivity index (χ1v) is 11.6. The van der Waals surface area contributed by atoms with Gasteiger partial charge in [0.1, 0.15) is 0 Å². The van der Waals surface area contributed by atoms with Crippen molar-refractivity contribution in [2.24, 2.45) is 10.9 Å². The number of nitrogens with zero attached hydrogens (tertiary/aromatic N) is 1. The largest absolute Gasteiger partial charge is 0.494 e. The van der Waals surface area contributed by atoms with E-state index < -0.39 is 0 Å². The minimum Gasteiger partial charge on any atom is -0.494 e. The van der Waals surface area contributed by atoms with Crippen molar-refractivity contribution in [1.82, 2.24) is 4.98 Å². The molecule has 0 aliphatic heterocycles. The molecule has 0 unspecified atom stereocenters. The average Bonchev–Trinajstić information content (AvgIpc) is 3.07. The van der Waals surface area contributed by atoms with E-state index in [1.165, 1.54) is 17.3 Å². The van der Waals surface area contributed by atoms with Gasteiger partial charge in [0.2, 0.25) is 0 Å². The van der Waals surface area contributed by atoms with Crippen LogP contribution in [0.5, 0.6) is 5.88 Å². The topological polar surface area (TPSA) is 65.5 Å². The molecule has 0 radical (unpaired) electrons. The lowest BCUT2D eigenvalue weighted by atomic mass is 9.87. The highest BCUT2D eigenvalue weighted by Crippen LogP contribution is 2.33. The first-order chi connectivity index (χ1) is 14.1. The average molecular weight is 500 g/mol. The summed E-state index contributed by atoms with van der Waals surface area (Å²) in [6.45, 7) is 1.56. The Bertz CT molecular complexity index is 1050. The Kier molecular flexibility index (Phi) is 6.04. The standard InChI is InChI=1S/C24H25IN2O2/c1-15(28)18-9-12-21-20(13-18)22(24(29)27-21)23(17-5-3-2-4-6-17)26-19-10-7-16(14-25)8-11-19/h2-6,9,12-13,16,19,27,29H,7-8,10-11,14H2,1H3. The Labute approximate surface area is 184 Å². The molecule has 5 heteroatoms. The number of H-pyrrole nitrogens is 1. The Balaban J connectivity index is 1.84. The Morgan fingerprint density at radius 2 is 1.83 bits per heavy atom. The lowest BCUT2D eigenvalue weighted by molar-refractivity contribution is 0.101. The van der Waals surface area contributed by atoms with E-state index in [4.69, 9.17) is 4.99 Å². The lowest BCUT2D eigenvalue weighted by Crippen LogP contribution is -2.20. The molecular weight excluding hydrogens is 475 g/mol. The molecule has 2 N–H and O–H groups in total. The SMILES string of the molecule is CC(=O)c1ccc2[nH]c(O)c(C(=NC3CCC(CI)CC3)c3ccccc3)c2c1. The van der Waals surface area contributed by atoms with Gasteiger partial charge in [0, 0.05) is 26.5 Å². The summed E-state index contributed by atoms with van der Waals surface area (Å²) in [5.41, 5.74) is 3.90. The number of fused-ring (bicyclic) bond motifs is 1. The number of Topliss-reactive ketones (excluding diaryl/α,β-unsaturated/α-hetero) is 1. The molecular formula is C24H25IN2O2. The number of aromatic amines is 1. The summed E-state index contributed by atoms with van der Waals surface area (Å²) < 4.78 is 1.21. The van der Waals surface area contributed by atoms with E-state index in [9.17, 15) is 9.90 Å². The molecule has 3 aromatic rings. The van der Waals surface area contributed by atoms with Crippen LogP contribution in [0, 0.1) is 5.92 Å². The molecule has 1 saturated carbocycles. The normalized spacial score (nSPS) is 20.1. The zero-order chi connectivity index (χ0) is 20.4. The number of aromatic hydroxyl groups is 1. The molecule has 4 rings (SSSR count). The molecule has 4 nitrogen and oxygen atoms in total. The fraction of sp³-hybridized carbons (Fsp3) is 0.333. The molecule has 29 heavy (non-hydrogen) atoms. The second-order valence-electron chi connectivity index (χ2n) is 7.84. The van der Waals surface area contributed by atoms with Crippen molar-refractivity contribution in [2.45, 2.75) is 38.6 Å². The quantitative estimate of drug-likeness (QED) is 0.198. The summed E-state index contributed by atoms with van der Waals surface area (Å²) in [5.74, 6) is 0.903. The number of benzene rings is 2. The van der Waals surface area contributed by atoms with E-state index in [1.807, 2.05) is 42.5 Å². The predicted molar refractivity (Wildman–Crippen MR) is 127 cm³/mol. The van der Waals surface area contributed by atoms with E-state index in [2.05, 4.69) is 27.6 Å². The first-order valence-electron chi connectivity index (χ1n) is 10.1. The van der Waals surface area contributed by atoms with E-state index in [0.717, 1.165) is 40.9 Å². The molecule has 1 fully saturated rings. The van der Waals surface area contributed by atoms with Gasteiger partial charge in [0.25, 0.3) is 0 Å². The third-order valence-corrected chi connectivity index (χ3v) is 7.06. The minimum atomic E-state index is 0.00820. The van der Waals surface area contributed by atoms with Gasteiger partial charge < -0.3 is 10.1 Å². The van der Waals surface area contributed by atoms with Crippen LogP contribution in [0.1, 0.15) is 54.1 Å². The number of carbonyl (C=O) groups is 1. The summed E-state index contributed by atoms with van der Waals surface area (Å²) in [6, 6.07) is 15.8. The van der Waals surface area contributed by atoms with Crippen molar-refractivity contribution < 1.29 is 9.90 Å². The molecule has 0 amide bonds. The van der Waals surface area contributed by atoms with E-state index in [-0.39, 0.29) is 17.7 Å². The monoisotopic (exact) mass is 500 g/mol. The van der Waals surface area contributed by atoms with Crippen molar-refractivity contribution in [1.29, 1.82) is 0 Å². The van der Waals surface area contributed by atoms with Crippen molar-refractivity contribution in [2.75, 3.05) is 4.43 Å². The second kappa shape index (κ2) is 8.69. The molecule has 1 aliphatic rings. The van der Waals surface area contributed by atoms with E-state index >= 15 is 0 Å². The van der Waals surface area contributed by atoms with Crippen molar-refractivity contribution in [3.8, 4) is 5.88 Å². The summed E-state index contributed by atoms with van der Waals surface area (Å²) in [5, 5.41) is 11.6. The number of ketones is 1. The highest BCUT2D eigenvalue weighted by molar-refractivity contribution is 14.1. The second-order valence-corrected chi connectivity index (χ2v) is 8.72. The molecule has 2 aromatic carbocycles. The fourth-order valence-corrected chi connectivity index (χ4v) is 5.01. The maximum absolute atomic E-state index is 11.9. The van der Waals surface area contributed by atoms with Crippen LogP contribution in [-0.4, -0.2) is 32.1 Å². The summed E-state index contributed by atoms with van der Waals surface area (Å²) >= 11 is 2.48. The zero-order valence-corrected chi connectivity index (χ0v) is 18.6. The van der Waals surface area contributed by atoms with Crippen molar-refractivity contribution >= 4 is 45.0 Å². The molecule has 0 saturated heterocycles. The minimum absolute atomic E-state index is 0.00820. The third-order valence-electron chi connectivity index (χ3n) is 5.82. The first kappa shape index (κ1) is 20.1. The number of aliphatic imine (C=N–C) groups is 1. The van der Waals surface area contributed by atoms with Crippen LogP contribution in [0.2, 0.25) is 0 Å². The van der Waals surface area contributed by atoms with Crippen molar-refractivity contribution in [3.63, 3.8) is 0 Å². The lowest BCUT2D eigenvalue weighted by Gasteiger charge is -2.25. The van der Waals surface area contributed by atoms with E-state index in [0.29, 0.717) is 11.1 Å². The number of halogens is 1. The van der Waals surface area contributed by atoms with Crippen LogP contribution < -0.4 is 0 Å². The third kappa shape index (κ3) is 4.25. The van der Waals surface area contributed by atoms with Crippen LogP contribution in [-0.2, 0) is 0 Å². The van der Waals surface area contributed by atoms with Gasteiger partial charge in [-0.2, -0.15) is 0 Å². The van der Waals surface area contributed by atoms with Gasteiger partial charge >= 0.3 is 0 Å². The van der Waals surface area contributed by atoms with Gasteiger partial charge in [-0.1, -0.05) is 52.9 Å². The van der Waals surface area contributed by atoms with Crippen LogP contribution in [0.3, 0.4) is 0 Å². The Morgan fingerprint density at radius 3 is 2.48 bits per heavy atom. The van der Waals surface area contributed by atoms with Gasteiger partial charge in [-0.05, 0) is 56.7 Å². The van der Waals surface area contributed by atoms with Crippen LogP contribution in [0.25, 0.3) is 10.9 Å². The van der Waals surface area contributed by atoms with Crippen LogP contribution in [0.4, 0.5) is 0 Å². The van der Waals surface area contributed by atoms with Gasteiger partial charge in [-0.3, -0.25) is 9.79 Å². The Morgan fingerprint density at radius 1 is 1.10 bits per heavy atom. The molecule has 1 aliphatic carbocycles. The predicted octanol–water partition coefficient (Wildman–Crippen LogP) is 5.91. The van der Waals surface area contributed by atoms with Gasteiger partial charge in [-0.15, -0.1) is 0 Å². The number of carbonyl (C=O) groups excluding carboxylic acids is 1. The smallest absolute Gasteiger partial charge is 0.199 e.